The number of nitrogens with one attached hydrogen (secondary N) is 1. The van der Waals surface area contributed by atoms with Crippen molar-refractivity contribution >= 4 is 11.4 Å². The van der Waals surface area contributed by atoms with Gasteiger partial charge in [-0.25, -0.2) is 4.39 Å². The first-order chi connectivity index (χ1) is 15.1. The number of rotatable bonds is 7. The first-order valence-corrected chi connectivity index (χ1v) is 9.29. The van der Waals surface area contributed by atoms with Crippen molar-refractivity contribution in [2.24, 2.45) is 0 Å². The molecule has 0 aliphatic heterocycles. The molecule has 4 aromatic rings. The largest absolute Gasteiger partial charge is 0.495 e. The third-order valence-electron chi connectivity index (χ3n) is 4.62. The molecule has 0 aliphatic rings. The summed E-state index contributed by atoms with van der Waals surface area (Å²) in [5.41, 5.74) is 1.08. The number of methoxy groups -OCH3 is 1. The summed E-state index contributed by atoms with van der Waals surface area (Å²) in [6.07, 6.45) is 0. The van der Waals surface area contributed by atoms with Gasteiger partial charge in [-0.2, -0.15) is 0 Å². The molecule has 31 heavy (non-hydrogen) atoms. The molecule has 0 saturated heterocycles. The van der Waals surface area contributed by atoms with Gasteiger partial charge in [-0.05, 0) is 24.3 Å². The fourth-order valence-electron chi connectivity index (χ4n) is 3.11. The zero-order valence-electron chi connectivity index (χ0n) is 16.4. The van der Waals surface area contributed by atoms with Crippen LogP contribution in [-0.4, -0.2) is 22.2 Å². The molecule has 9 heteroatoms. The van der Waals surface area contributed by atoms with Gasteiger partial charge in [-0.15, -0.1) is 10.2 Å². The Morgan fingerprint density at radius 3 is 2.52 bits per heavy atom. The smallest absolute Gasteiger partial charge is 0.271 e. The number of nitro groups is 1. The molecule has 0 radical (unpaired) electrons. The van der Waals surface area contributed by atoms with E-state index in [4.69, 9.17) is 9.15 Å². The second kappa shape index (κ2) is 8.62. The van der Waals surface area contributed by atoms with Crippen LogP contribution in [0.5, 0.6) is 5.75 Å². The summed E-state index contributed by atoms with van der Waals surface area (Å²) in [4.78, 5) is 10.7. The highest BCUT2D eigenvalue weighted by atomic mass is 19.1. The molecule has 156 valence electrons. The number of hydrogen-bond donors (Lipinski definition) is 1. The van der Waals surface area contributed by atoms with Crippen LogP contribution >= 0.6 is 0 Å². The standard InChI is InChI=1S/C22H17FN4O4/c1-30-19-12-11-15(27(28)29)13-18(19)24-20(16-9-5-6-10-17(16)23)22-26-25-21(31-22)14-7-3-2-4-8-14/h2-13,20,24H,1H3/t20-/m0/s1. The predicted octanol–water partition coefficient (Wildman–Crippen LogP) is 4.99. The van der Waals surface area contributed by atoms with Crippen molar-refractivity contribution in [3.8, 4) is 17.2 Å². The lowest BCUT2D eigenvalue weighted by atomic mass is 10.1. The maximum Gasteiger partial charge on any atom is 0.271 e. The Balaban J connectivity index is 1.79. The molecular formula is C22H17FN4O4. The van der Waals surface area contributed by atoms with E-state index in [9.17, 15) is 14.5 Å². The van der Waals surface area contributed by atoms with Crippen LogP contribution in [0.1, 0.15) is 17.5 Å². The molecule has 0 unspecified atom stereocenters. The number of hydrogen-bond acceptors (Lipinski definition) is 7. The van der Waals surface area contributed by atoms with Gasteiger partial charge in [0, 0.05) is 23.3 Å². The number of halogens is 1. The molecule has 8 nitrogen and oxygen atoms in total. The van der Waals surface area contributed by atoms with Crippen molar-refractivity contribution in [1.29, 1.82) is 0 Å². The van der Waals surface area contributed by atoms with Gasteiger partial charge in [0.15, 0.2) is 0 Å². The molecule has 1 N–H and O–H groups in total. The minimum atomic E-state index is -0.915. The Hall–Kier alpha value is -4.27. The van der Waals surface area contributed by atoms with E-state index in [0.717, 1.165) is 0 Å². The van der Waals surface area contributed by atoms with Crippen molar-refractivity contribution < 1.29 is 18.5 Å². The Labute approximate surface area is 176 Å². The number of anilines is 1. The molecule has 0 saturated carbocycles. The van der Waals surface area contributed by atoms with Crippen molar-refractivity contribution in [2.75, 3.05) is 12.4 Å². The topological polar surface area (TPSA) is 103 Å². The molecule has 4 rings (SSSR count). The summed E-state index contributed by atoms with van der Waals surface area (Å²) < 4.78 is 25.8. The van der Waals surface area contributed by atoms with Gasteiger partial charge in [0.2, 0.25) is 11.8 Å². The molecule has 1 heterocycles. The zero-order valence-corrected chi connectivity index (χ0v) is 16.4. The number of nitrogens with zero attached hydrogens (tertiary/aromatic N) is 3. The van der Waals surface area contributed by atoms with Gasteiger partial charge in [0.05, 0.1) is 17.7 Å². The molecule has 0 spiro atoms. The lowest BCUT2D eigenvalue weighted by molar-refractivity contribution is -0.384. The number of aromatic nitrogens is 2. The first-order valence-electron chi connectivity index (χ1n) is 9.29. The fraction of sp³-hybridized carbons (Fsp3) is 0.0909. The molecular weight excluding hydrogens is 403 g/mol. The van der Waals surface area contributed by atoms with Crippen LogP contribution in [0, 0.1) is 15.9 Å². The highest BCUT2D eigenvalue weighted by molar-refractivity contribution is 5.63. The lowest BCUT2D eigenvalue weighted by Crippen LogP contribution is -2.15. The second-order valence-electron chi connectivity index (χ2n) is 6.55. The molecule has 0 aliphatic carbocycles. The number of ether oxygens (including phenoxy) is 1. The summed E-state index contributed by atoms with van der Waals surface area (Å²) in [5, 5.41) is 22.5. The van der Waals surface area contributed by atoms with Crippen molar-refractivity contribution in [3.63, 3.8) is 0 Å². The predicted molar refractivity (Wildman–Crippen MR) is 111 cm³/mol. The number of benzene rings is 3. The van der Waals surface area contributed by atoms with E-state index >= 15 is 0 Å². The van der Waals surface area contributed by atoms with Crippen LogP contribution in [0.25, 0.3) is 11.5 Å². The molecule has 3 aromatic carbocycles. The third kappa shape index (κ3) is 4.20. The summed E-state index contributed by atoms with van der Waals surface area (Å²) in [5.74, 6) is 0.209. The summed E-state index contributed by atoms with van der Waals surface area (Å²) in [6.45, 7) is 0. The van der Waals surface area contributed by atoms with Gasteiger partial charge >= 0.3 is 0 Å². The van der Waals surface area contributed by atoms with Crippen LogP contribution < -0.4 is 10.1 Å². The Morgan fingerprint density at radius 2 is 1.81 bits per heavy atom. The normalized spacial score (nSPS) is 11.7. The first kappa shape index (κ1) is 20.0. The average Bonchev–Trinajstić information content (AvgIpc) is 3.28. The van der Waals surface area contributed by atoms with Gasteiger partial charge in [0.1, 0.15) is 17.6 Å². The molecule has 0 fully saturated rings. The number of nitro benzene ring substituents is 1. The second-order valence-corrected chi connectivity index (χ2v) is 6.55. The van der Waals surface area contributed by atoms with Crippen molar-refractivity contribution in [2.45, 2.75) is 6.04 Å². The SMILES string of the molecule is COc1ccc([N+](=O)[O-])cc1N[C@H](c1nnc(-c2ccccc2)o1)c1ccccc1F. The third-order valence-corrected chi connectivity index (χ3v) is 4.62. The van der Waals surface area contributed by atoms with Crippen molar-refractivity contribution in [3.05, 3.63) is 100 Å². The Bertz CT molecular complexity index is 1210. The molecule has 0 bridgehead atoms. The maximum absolute atomic E-state index is 14.7. The van der Waals surface area contributed by atoms with Gasteiger partial charge in [-0.1, -0.05) is 36.4 Å². The van der Waals surface area contributed by atoms with Gasteiger partial charge in [-0.3, -0.25) is 10.1 Å². The molecule has 1 atom stereocenters. The van der Waals surface area contributed by atoms with E-state index < -0.39 is 16.8 Å². The van der Waals surface area contributed by atoms with Crippen LogP contribution in [0.4, 0.5) is 15.8 Å². The molecule has 1 aromatic heterocycles. The number of non-ortho nitro benzene ring substituents is 1. The van der Waals surface area contributed by atoms with E-state index in [1.165, 1.54) is 31.4 Å². The summed E-state index contributed by atoms with van der Waals surface area (Å²) in [7, 11) is 1.44. The Kier molecular flexibility index (Phi) is 5.57. The average molecular weight is 420 g/mol. The highest BCUT2D eigenvalue weighted by Crippen LogP contribution is 2.35. The van der Waals surface area contributed by atoms with E-state index in [0.29, 0.717) is 11.3 Å². The fourth-order valence-corrected chi connectivity index (χ4v) is 3.11. The van der Waals surface area contributed by atoms with E-state index in [1.54, 1.807) is 18.2 Å². The summed E-state index contributed by atoms with van der Waals surface area (Å²) >= 11 is 0. The lowest BCUT2D eigenvalue weighted by Gasteiger charge is -2.19. The van der Waals surface area contributed by atoms with Crippen LogP contribution in [0.2, 0.25) is 0 Å². The van der Waals surface area contributed by atoms with Crippen LogP contribution in [0.3, 0.4) is 0 Å². The van der Waals surface area contributed by atoms with Gasteiger partial charge < -0.3 is 14.5 Å². The zero-order chi connectivity index (χ0) is 21.8. The maximum atomic E-state index is 14.7. The van der Waals surface area contributed by atoms with Crippen LogP contribution in [-0.2, 0) is 0 Å². The van der Waals surface area contributed by atoms with E-state index in [-0.39, 0.29) is 28.7 Å². The van der Waals surface area contributed by atoms with Gasteiger partial charge in [0.25, 0.3) is 5.69 Å². The minimum absolute atomic E-state index is 0.0949. The van der Waals surface area contributed by atoms with Crippen molar-refractivity contribution in [1.82, 2.24) is 10.2 Å². The monoisotopic (exact) mass is 420 g/mol. The summed E-state index contributed by atoms with van der Waals surface area (Å²) in [6, 6.07) is 18.4. The quantitative estimate of drug-likeness (QED) is 0.332. The Morgan fingerprint density at radius 1 is 1.06 bits per heavy atom. The molecule has 0 amide bonds. The van der Waals surface area contributed by atoms with E-state index in [1.807, 2.05) is 30.3 Å². The van der Waals surface area contributed by atoms with Crippen LogP contribution in [0.15, 0.2) is 77.2 Å². The van der Waals surface area contributed by atoms with E-state index in [2.05, 4.69) is 15.5 Å². The minimum Gasteiger partial charge on any atom is -0.495 e. The highest BCUT2D eigenvalue weighted by Gasteiger charge is 2.26.